The summed E-state index contributed by atoms with van der Waals surface area (Å²) in [5.74, 6) is -0.841. The number of benzene rings is 1. The summed E-state index contributed by atoms with van der Waals surface area (Å²) < 4.78 is 59.3. The van der Waals surface area contributed by atoms with E-state index in [1.54, 1.807) is 20.0 Å². The second kappa shape index (κ2) is 8.37. The second-order valence-corrected chi connectivity index (χ2v) is 5.07. The van der Waals surface area contributed by atoms with E-state index < -0.39 is 24.9 Å². The first kappa shape index (κ1) is 19.3. The molecule has 0 aliphatic carbocycles. The number of rotatable bonds is 7. The Morgan fingerprint density at radius 1 is 1.19 bits per heavy atom. The molecule has 0 fully saturated rings. The number of alkyl halides is 4. The third-order valence-electron chi connectivity index (χ3n) is 3.09. The Morgan fingerprint density at radius 3 is 2.46 bits per heavy atom. The van der Waals surface area contributed by atoms with Crippen molar-refractivity contribution in [1.29, 1.82) is 0 Å². The first-order valence-corrected chi connectivity index (χ1v) is 7.28. The Labute approximate surface area is 146 Å². The van der Waals surface area contributed by atoms with E-state index in [4.69, 9.17) is 0 Å². The predicted molar refractivity (Wildman–Crippen MR) is 85.3 cm³/mol. The van der Waals surface area contributed by atoms with Gasteiger partial charge < -0.3 is 14.8 Å². The van der Waals surface area contributed by atoms with Crippen LogP contribution in [0.25, 0.3) is 6.08 Å². The average Bonchev–Trinajstić information content (AvgIpc) is 2.83. The van der Waals surface area contributed by atoms with Crippen LogP contribution in [0.2, 0.25) is 0 Å². The lowest BCUT2D eigenvalue weighted by atomic mass is 10.1. The molecule has 1 N–H and O–H groups in total. The van der Waals surface area contributed by atoms with Gasteiger partial charge in [-0.25, -0.2) is 0 Å². The van der Waals surface area contributed by atoms with E-state index in [2.05, 4.69) is 19.9 Å². The number of hydrogen-bond acceptors (Lipinski definition) is 4. The number of aromatic nitrogens is 2. The standard InChI is InChI=1S/C16H15F4N3O3/c1-9-7-13(23(2)22-9)21-14(24)6-4-10-3-5-11(25-15(17)18)8-12(10)26-16(19)20/h3-8,15-16H,1-2H3,(H,21,24)/b6-4+. The van der Waals surface area contributed by atoms with Crippen LogP contribution in [-0.2, 0) is 11.8 Å². The smallest absolute Gasteiger partial charge is 0.387 e. The fourth-order valence-electron chi connectivity index (χ4n) is 2.09. The van der Waals surface area contributed by atoms with Crippen LogP contribution in [0, 0.1) is 6.92 Å². The Bertz CT molecular complexity index is 806. The molecule has 1 aromatic carbocycles. The van der Waals surface area contributed by atoms with Gasteiger partial charge in [-0.05, 0) is 25.1 Å². The van der Waals surface area contributed by atoms with Gasteiger partial charge in [-0.15, -0.1) is 0 Å². The Morgan fingerprint density at radius 2 is 1.88 bits per heavy atom. The summed E-state index contributed by atoms with van der Waals surface area (Å²) in [6.45, 7) is -4.53. The number of ether oxygens (including phenoxy) is 2. The first-order chi connectivity index (χ1) is 12.2. The van der Waals surface area contributed by atoms with Gasteiger partial charge in [-0.1, -0.05) is 0 Å². The van der Waals surface area contributed by atoms with Crippen molar-refractivity contribution in [3.63, 3.8) is 0 Å². The first-order valence-electron chi connectivity index (χ1n) is 7.28. The lowest BCUT2D eigenvalue weighted by molar-refractivity contribution is -0.111. The maximum Gasteiger partial charge on any atom is 0.387 e. The molecule has 2 rings (SSSR count). The monoisotopic (exact) mass is 373 g/mol. The van der Waals surface area contributed by atoms with Crippen molar-refractivity contribution in [3.8, 4) is 11.5 Å². The summed E-state index contributed by atoms with van der Waals surface area (Å²) in [5.41, 5.74) is 0.789. The van der Waals surface area contributed by atoms with E-state index in [9.17, 15) is 22.4 Å². The highest BCUT2D eigenvalue weighted by Gasteiger charge is 2.12. The normalized spacial score (nSPS) is 11.4. The number of carbonyl (C=O) groups is 1. The Hall–Kier alpha value is -3.04. The molecule has 0 atom stereocenters. The number of hydrogen-bond donors (Lipinski definition) is 1. The van der Waals surface area contributed by atoms with Crippen molar-refractivity contribution in [1.82, 2.24) is 9.78 Å². The number of carbonyl (C=O) groups excluding carboxylic acids is 1. The van der Waals surface area contributed by atoms with Crippen molar-refractivity contribution >= 4 is 17.8 Å². The van der Waals surface area contributed by atoms with E-state index in [-0.39, 0.29) is 11.3 Å². The maximum atomic E-state index is 12.5. The molecule has 0 unspecified atom stereocenters. The third kappa shape index (κ3) is 5.50. The van der Waals surface area contributed by atoms with Gasteiger partial charge in [-0.2, -0.15) is 22.7 Å². The second-order valence-electron chi connectivity index (χ2n) is 5.07. The van der Waals surface area contributed by atoms with E-state index >= 15 is 0 Å². The molecule has 1 amide bonds. The number of nitrogens with one attached hydrogen (secondary N) is 1. The van der Waals surface area contributed by atoms with Gasteiger partial charge in [0.25, 0.3) is 0 Å². The summed E-state index contributed by atoms with van der Waals surface area (Å²) >= 11 is 0. The Kier molecular flexibility index (Phi) is 6.21. The topological polar surface area (TPSA) is 65.4 Å². The summed E-state index contributed by atoms with van der Waals surface area (Å²) in [7, 11) is 1.64. The molecular weight excluding hydrogens is 358 g/mol. The molecule has 0 bridgehead atoms. The predicted octanol–water partition coefficient (Wildman–Crippen LogP) is 3.58. The molecule has 0 radical (unpaired) electrons. The van der Waals surface area contributed by atoms with Gasteiger partial charge in [0.05, 0.1) is 5.69 Å². The van der Waals surface area contributed by atoms with Crippen LogP contribution in [0.4, 0.5) is 23.4 Å². The molecule has 0 aliphatic rings. The van der Waals surface area contributed by atoms with E-state index in [0.29, 0.717) is 11.5 Å². The number of anilines is 1. The van der Waals surface area contributed by atoms with Crippen LogP contribution in [0.1, 0.15) is 11.3 Å². The molecule has 0 spiro atoms. The van der Waals surface area contributed by atoms with Gasteiger partial charge in [0.1, 0.15) is 17.3 Å². The van der Waals surface area contributed by atoms with Crippen molar-refractivity contribution in [2.24, 2.45) is 7.05 Å². The van der Waals surface area contributed by atoms with Crippen LogP contribution in [0.3, 0.4) is 0 Å². The molecule has 1 aromatic heterocycles. The highest BCUT2D eigenvalue weighted by Crippen LogP contribution is 2.28. The number of halogens is 4. The summed E-state index contributed by atoms with van der Waals surface area (Å²) in [5, 5.41) is 6.62. The molecule has 0 aliphatic heterocycles. The number of amides is 1. The average molecular weight is 373 g/mol. The van der Waals surface area contributed by atoms with Crippen LogP contribution < -0.4 is 14.8 Å². The van der Waals surface area contributed by atoms with Gasteiger partial charge >= 0.3 is 13.2 Å². The minimum Gasteiger partial charge on any atom is -0.435 e. The summed E-state index contributed by atoms with van der Waals surface area (Å²) in [4.78, 5) is 11.9. The van der Waals surface area contributed by atoms with E-state index in [1.807, 2.05) is 0 Å². The fraction of sp³-hybridized carbons (Fsp3) is 0.250. The Balaban J connectivity index is 2.16. The molecule has 1 heterocycles. The van der Waals surface area contributed by atoms with Gasteiger partial charge in [0, 0.05) is 30.8 Å². The summed E-state index contributed by atoms with van der Waals surface area (Å²) in [6.07, 6.45) is 2.30. The molecule has 0 saturated carbocycles. The highest BCUT2D eigenvalue weighted by atomic mass is 19.3. The van der Waals surface area contributed by atoms with Crippen LogP contribution >= 0.6 is 0 Å². The SMILES string of the molecule is Cc1cc(NC(=O)/C=C/c2ccc(OC(F)F)cc2OC(F)F)n(C)n1. The molecule has 6 nitrogen and oxygen atoms in total. The maximum absolute atomic E-state index is 12.5. The van der Waals surface area contributed by atoms with Crippen LogP contribution in [0.15, 0.2) is 30.3 Å². The third-order valence-corrected chi connectivity index (χ3v) is 3.09. The summed E-state index contributed by atoms with van der Waals surface area (Å²) in [6, 6.07) is 4.90. The lowest BCUT2D eigenvalue weighted by Gasteiger charge is -2.11. The van der Waals surface area contributed by atoms with E-state index in [1.165, 1.54) is 16.8 Å². The van der Waals surface area contributed by atoms with Crippen LogP contribution in [0.5, 0.6) is 11.5 Å². The van der Waals surface area contributed by atoms with Gasteiger partial charge in [-0.3, -0.25) is 9.48 Å². The van der Waals surface area contributed by atoms with Crippen molar-refractivity contribution < 1.29 is 31.8 Å². The van der Waals surface area contributed by atoms with Crippen molar-refractivity contribution in [3.05, 3.63) is 41.6 Å². The molecule has 26 heavy (non-hydrogen) atoms. The fourth-order valence-corrected chi connectivity index (χ4v) is 2.09. The molecule has 140 valence electrons. The number of nitrogens with zero attached hydrogens (tertiary/aromatic N) is 2. The molecule has 2 aromatic rings. The van der Waals surface area contributed by atoms with Gasteiger partial charge in [0.15, 0.2) is 0 Å². The van der Waals surface area contributed by atoms with Gasteiger partial charge in [0.2, 0.25) is 5.91 Å². The van der Waals surface area contributed by atoms with E-state index in [0.717, 1.165) is 18.2 Å². The number of aryl methyl sites for hydroxylation is 2. The largest absolute Gasteiger partial charge is 0.435 e. The molecular formula is C16H15F4N3O3. The van der Waals surface area contributed by atoms with Crippen LogP contribution in [-0.4, -0.2) is 28.9 Å². The highest BCUT2D eigenvalue weighted by molar-refractivity contribution is 6.01. The minimum atomic E-state index is -3.17. The lowest BCUT2D eigenvalue weighted by Crippen LogP contribution is -2.11. The van der Waals surface area contributed by atoms with Crippen molar-refractivity contribution in [2.45, 2.75) is 20.1 Å². The molecule has 10 heteroatoms. The zero-order valence-electron chi connectivity index (χ0n) is 13.7. The zero-order valence-corrected chi connectivity index (χ0v) is 13.7. The minimum absolute atomic E-state index is 0.0863. The van der Waals surface area contributed by atoms with Crippen molar-refractivity contribution in [2.75, 3.05) is 5.32 Å². The quantitative estimate of drug-likeness (QED) is 0.595. The molecule has 0 saturated heterocycles. The zero-order chi connectivity index (χ0) is 19.3.